The van der Waals surface area contributed by atoms with Crippen molar-refractivity contribution in [2.45, 2.75) is 39.0 Å². The van der Waals surface area contributed by atoms with E-state index in [1.54, 1.807) is 13.2 Å². The molecule has 0 spiro atoms. The van der Waals surface area contributed by atoms with Crippen LogP contribution < -0.4 is 14.8 Å². The zero-order valence-electron chi connectivity index (χ0n) is 17.4. The van der Waals surface area contributed by atoms with Gasteiger partial charge in [-0.2, -0.15) is 0 Å². The number of ether oxygens (including phenoxy) is 2. The molecule has 0 aromatic heterocycles. The van der Waals surface area contributed by atoms with E-state index < -0.39 is 0 Å². The summed E-state index contributed by atoms with van der Waals surface area (Å²) in [4.78, 5) is 0. The molecule has 0 bridgehead atoms. The lowest BCUT2D eigenvalue weighted by Crippen LogP contribution is -2.21. The van der Waals surface area contributed by atoms with Crippen molar-refractivity contribution in [3.63, 3.8) is 0 Å². The van der Waals surface area contributed by atoms with E-state index in [0.29, 0.717) is 23.9 Å². The van der Waals surface area contributed by atoms with Gasteiger partial charge in [-0.3, -0.25) is 0 Å². The highest BCUT2D eigenvalue weighted by Crippen LogP contribution is 2.36. The maximum absolute atomic E-state index is 6.35. The van der Waals surface area contributed by atoms with Gasteiger partial charge in [-0.05, 0) is 23.6 Å². The Morgan fingerprint density at radius 2 is 1.63 bits per heavy atom. The molecular weight excluding hydrogens is 417 g/mol. The number of benzene rings is 3. The SMILES string of the molecule is CCCC(NCc1cc(Cl)cc(OC)c1OCc1ccccc1)c1ccccc1.Cl. The van der Waals surface area contributed by atoms with Crippen molar-refractivity contribution in [3.8, 4) is 11.5 Å². The molecule has 0 saturated heterocycles. The first kappa shape index (κ1) is 24.1. The molecule has 160 valence electrons. The molecule has 0 aliphatic rings. The van der Waals surface area contributed by atoms with Crippen molar-refractivity contribution in [1.29, 1.82) is 0 Å². The van der Waals surface area contributed by atoms with Crippen LogP contribution in [0.3, 0.4) is 0 Å². The van der Waals surface area contributed by atoms with E-state index in [4.69, 9.17) is 21.1 Å². The average molecular weight is 446 g/mol. The molecule has 0 aliphatic carbocycles. The Bertz CT molecular complexity index is 888. The second-order valence-corrected chi connectivity index (χ2v) is 7.44. The number of methoxy groups -OCH3 is 1. The van der Waals surface area contributed by atoms with Gasteiger partial charge in [0.05, 0.1) is 7.11 Å². The molecule has 0 fully saturated rings. The minimum absolute atomic E-state index is 0. The van der Waals surface area contributed by atoms with Crippen molar-refractivity contribution in [3.05, 3.63) is 94.5 Å². The van der Waals surface area contributed by atoms with Crippen molar-refractivity contribution < 1.29 is 9.47 Å². The first-order valence-electron chi connectivity index (χ1n) is 10.0. The molecule has 3 nitrogen and oxygen atoms in total. The Morgan fingerprint density at radius 3 is 2.27 bits per heavy atom. The lowest BCUT2D eigenvalue weighted by Gasteiger charge is -2.21. The van der Waals surface area contributed by atoms with Crippen LogP contribution in [0, 0.1) is 0 Å². The van der Waals surface area contributed by atoms with Crippen molar-refractivity contribution >= 4 is 24.0 Å². The largest absolute Gasteiger partial charge is 0.493 e. The summed E-state index contributed by atoms with van der Waals surface area (Å²) < 4.78 is 11.7. The highest BCUT2D eigenvalue weighted by molar-refractivity contribution is 6.30. The van der Waals surface area contributed by atoms with Crippen LogP contribution in [0.4, 0.5) is 0 Å². The van der Waals surface area contributed by atoms with E-state index in [1.165, 1.54) is 5.56 Å². The second-order valence-electron chi connectivity index (χ2n) is 7.00. The Balaban J connectivity index is 0.00000320. The van der Waals surface area contributed by atoms with Crippen molar-refractivity contribution in [1.82, 2.24) is 5.32 Å². The molecule has 5 heteroatoms. The van der Waals surface area contributed by atoms with Crippen LogP contribution in [0.1, 0.15) is 42.5 Å². The third kappa shape index (κ3) is 6.66. The van der Waals surface area contributed by atoms with E-state index in [0.717, 1.165) is 29.7 Å². The maximum Gasteiger partial charge on any atom is 0.166 e. The lowest BCUT2D eigenvalue weighted by atomic mass is 10.0. The second kappa shape index (κ2) is 12.5. The van der Waals surface area contributed by atoms with Gasteiger partial charge in [0.15, 0.2) is 11.5 Å². The molecule has 1 N–H and O–H groups in total. The Kier molecular flexibility index (Phi) is 10.0. The fourth-order valence-electron chi connectivity index (χ4n) is 3.39. The quantitative estimate of drug-likeness (QED) is 0.364. The third-order valence-corrected chi connectivity index (χ3v) is 5.08. The molecule has 0 aliphatic heterocycles. The average Bonchev–Trinajstić information content (AvgIpc) is 2.76. The summed E-state index contributed by atoms with van der Waals surface area (Å²) in [6.07, 6.45) is 2.16. The van der Waals surface area contributed by atoms with E-state index in [9.17, 15) is 0 Å². The summed E-state index contributed by atoms with van der Waals surface area (Å²) in [7, 11) is 1.64. The van der Waals surface area contributed by atoms with E-state index in [2.05, 4.69) is 36.5 Å². The van der Waals surface area contributed by atoms with Gasteiger partial charge in [0.1, 0.15) is 6.61 Å². The van der Waals surface area contributed by atoms with E-state index >= 15 is 0 Å². The standard InChI is InChI=1S/C25H28ClNO2.ClH/c1-3-10-23(20-13-8-5-9-14-20)27-17-21-15-22(26)16-24(28-2)25(21)29-18-19-11-6-4-7-12-19;/h4-9,11-16,23,27H,3,10,17-18H2,1-2H3;1H. The topological polar surface area (TPSA) is 30.5 Å². The predicted molar refractivity (Wildman–Crippen MR) is 127 cm³/mol. The monoisotopic (exact) mass is 445 g/mol. The van der Waals surface area contributed by atoms with Crippen LogP contribution in [-0.4, -0.2) is 7.11 Å². The van der Waals surface area contributed by atoms with Crippen molar-refractivity contribution in [2.75, 3.05) is 7.11 Å². The molecular formula is C25H29Cl2NO2. The number of nitrogens with one attached hydrogen (secondary N) is 1. The third-order valence-electron chi connectivity index (χ3n) is 4.86. The van der Waals surface area contributed by atoms with Gasteiger partial charge in [-0.1, -0.05) is 85.6 Å². The Labute approximate surface area is 190 Å². The highest BCUT2D eigenvalue weighted by Gasteiger charge is 2.16. The van der Waals surface area contributed by atoms with Crippen molar-refractivity contribution in [2.24, 2.45) is 0 Å². The fraction of sp³-hybridized carbons (Fsp3) is 0.280. The number of hydrogen-bond acceptors (Lipinski definition) is 3. The van der Waals surface area contributed by atoms with Crippen LogP contribution in [0.2, 0.25) is 5.02 Å². The summed E-state index contributed by atoms with van der Waals surface area (Å²) in [5.41, 5.74) is 3.38. The number of rotatable bonds is 10. The number of halogens is 2. The molecule has 3 rings (SSSR count). The first-order chi connectivity index (χ1) is 14.2. The summed E-state index contributed by atoms with van der Waals surface area (Å²) >= 11 is 6.35. The first-order valence-corrected chi connectivity index (χ1v) is 10.4. The van der Waals surface area contributed by atoms with Crippen LogP contribution in [0.15, 0.2) is 72.8 Å². The molecule has 0 amide bonds. The van der Waals surface area contributed by atoms with Crippen LogP contribution >= 0.6 is 24.0 Å². The van der Waals surface area contributed by atoms with Crippen LogP contribution in [0.5, 0.6) is 11.5 Å². The molecule has 3 aromatic carbocycles. The molecule has 1 unspecified atom stereocenters. The minimum Gasteiger partial charge on any atom is -0.493 e. The normalized spacial score (nSPS) is 11.4. The predicted octanol–water partition coefficient (Wildman–Crippen LogP) is 6.98. The van der Waals surface area contributed by atoms with Crippen LogP contribution in [0.25, 0.3) is 0 Å². The Morgan fingerprint density at radius 1 is 0.967 bits per heavy atom. The molecule has 0 saturated carbocycles. The minimum atomic E-state index is 0. The number of hydrogen-bond donors (Lipinski definition) is 1. The molecule has 0 radical (unpaired) electrons. The molecule has 30 heavy (non-hydrogen) atoms. The highest BCUT2D eigenvalue weighted by atomic mass is 35.5. The summed E-state index contributed by atoms with van der Waals surface area (Å²) in [6, 6.07) is 24.7. The van der Waals surface area contributed by atoms with E-state index in [1.807, 2.05) is 42.5 Å². The molecule has 3 aromatic rings. The van der Waals surface area contributed by atoms with Crippen LogP contribution in [-0.2, 0) is 13.2 Å². The van der Waals surface area contributed by atoms with Gasteiger partial charge in [0.2, 0.25) is 0 Å². The molecule has 1 atom stereocenters. The smallest absolute Gasteiger partial charge is 0.166 e. The summed E-state index contributed by atoms with van der Waals surface area (Å²) in [5.74, 6) is 1.38. The van der Waals surface area contributed by atoms with Gasteiger partial charge in [-0.25, -0.2) is 0 Å². The maximum atomic E-state index is 6.35. The van der Waals surface area contributed by atoms with Gasteiger partial charge >= 0.3 is 0 Å². The van der Waals surface area contributed by atoms with Gasteiger partial charge < -0.3 is 14.8 Å². The zero-order chi connectivity index (χ0) is 20.5. The summed E-state index contributed by atoms with van der Waals surface area (Å²) in [6.45, 7) is 3.32. The lowest BCUT2D eigenvalue weighted by molar-refractivity contribution is 0.280. The fourth-order valence-corrected chi connectivity index (χ4v) is 3.62. The Hall–Kier alpha value is -2.20. The van der Waals surface area contributed by atoms with Gasteiger partial charge in [-0.15, -0.1) is 12.4 Å². The van der Waals surface area contributed by atoms with Gasteiger partial charge in [0.25, 0.3) is 0 Å². The zero-order valence-corrected chi connectivity index (χ0v) is 19.0. The van der Waals surface area contributed by atoms with E-state index in [-0.39, 0.29) is 18.4 Å². The molecule has 0 heterocycles. The van der Waals surface area contributed by atoms with Gasteiger partial charge in [0, 0.05) is 29.2 Å². The summed E-state index contributed by atoms with van der Waals surface area (Å²) in [5, 5.41) is 4.31.